The van der Waals surface area contributed by atoms with E-state index in [9.17, 15) is 14.4 Å². The Hall–Kier alpha value is -3.79. The number of rotatable bonds is 6. The SMILES string of the molecule is O=C(Nc1cc(C(=O)N2CCCNCC2)ccc1N1CCCN(C(=O)c2ccc(Cl)cc2Cl)CC1)OCc1ccccc1. The van der Waals surface area contributed by atoms with Gasteiger partial charge in [0.25, 0.3) is 11.8 Å². The lowest BCUT2D eigenvalue weighted by Crippen LogP contribution is -2.36. The van der Waals surface area contributed by atoms with Gasteiger partial charge < -0.3 is 24.8 Å². The van der Waals surface area contributed by atoms with Crippen LogP contribution in [0.1, 0.15) is 39.1 Å². The van der Waals surface area contributed by atoms with E-state index in [-0.39, 0.29) is 18.4 Å². The smallest absolute Gasteiger partial charge is 0.412 e. The number of benzene rings is 3. The van der Waals surface area contributed by atoms with E-state index in [0.29, 0.717) is 72.5 Å². The van der Waals surface area contributed by atoms with Gasteiger partial charge in [-0.25, -0.2) is 4.79 Å². The van der Waals surface area contributed by atoms with Gasteiger partial charge in [-0.3, -0.25) is 14.9 Å². The molecule has 43 heavy (non-hydrogen) atoms. The number of nitrogens with one attached hydrogen (secondary N) is 2. The summed E-state index contributed by atoms with van der Waals surface area (Å²) >= 11 is 12.3. The van der Waals surface area contributed by atoms with Crippen LogP contribution in [-0.4, -0.2) is 80.1 Å². The number of hydrogen-bond donors (Lipinski definition) is 2. The fraction of sp³-hybridized carbons (Fsp3) is 0.344. The van der Waals surface area contributed by atoms with Crippen LogP contribution < -0.4 is 15.5 Å². The number of ether oxygens (including phenoxy) is 1. The maximum Gasteiger partial charge on any atom is 0.412 e. The summed E-state index contributed by atoms with van der Waals surface area (Å²) in [5.74, 6) is -0.234. The third-order valence-corrected chi connectivity index (χ3v) is 8.15. The van der Waals surface area contributed by atoms with Crippen molar-refractivity contribution in [2.24, 2.45) is 0 Å². The first-order valence-corrected chi connectivity index (χ1v) is 15.3. The molecule has 0 aliphatic carbocycles. The molecule has 3 aromatic carbocycles. The Morgan fingerprint density at radius 1 is 0.791 bits per heavy atom. The van der Waals surface area contributed by atoms with Crippen molar-refractivity contribution >= 4 is 52.5 Å². The summed E-state index contributed by atoms with van der Waals surface area (Å²) in [5, 5.41) is 7.00. The summed E-state index contributed by atoms with van der Waals surface area (Å²) < 4.78 is 5.50. The van der Waals surface area contributed by atoms with E-state index >= 15 is 0 Å². The van der Waals surface area contributed by atoms with Crippen LogP contribution in [0.2, 0.25) is 10.0 Å². The molecule has 2 heterocycles. The molecule has 2 aliphatic rings. The molecule has 9 nitrogen and oxygen atoms in total. The van der Waals surface area contributed by atoms with Crippen LogP contribution >= 0.6 is 23.2 Å². The number of amides is 3. The van der Waals surface area contributed by atoms with E-state index in [1.54, 1.807) is 35.2 Å². The average Bonchev–Trinajstić information content (AvgIpc) is 3.44. The Morgan fingerprint density at radius 2 is 1.58 bits per heavy atom. The Bertz CT molecular complexity index is 1450. The lowest BCUT2D eigenvalue weighted by Gasteiger charge is -2.27. The van der Waals surface area contributed by atoms with Crippen LogP contribution in [0.25, 0.3) is 0 Å². The van der Waals surface area contributed by atoms with Gasteiger partial charge in [-0.15, -0.1) is 0 Å². The number of halogens is 2. The summed E-state index contributed by atoms with van der Waals surface area (Å²) in [6, 6.07) is 19.7. The molecule has 0 spiro atoms. The van der Waals surface area contributed by atoms with Crippen molar-refractivity contribution in [1.82, 2.24) is 15.1 Å². The largest absolute Gasteiger partial charge is 0.444 e. The van der Waals surface area contributed by atoms with E-state index in [0.717, 1.165) is 30.8 Å². The van der Waals surface area contributed by atoms with Gasteiger partial charge in [0.2, 0.25) is 0 Å². The highest BCUT2D eigenvalue weighted by molar-refractivity contribution is 6.36. The van der Waals surface area contributed by atoms with Crippen molar-refractivity contribution in [1.29, 1.82) is 0 Å². The van der Waals surface area contributed by atoms with E-state index in [1.807, 2.05) is 41.3 Å². The van der Waals surface area contributed by atoms with Gasteiger partial charge in [0, 0.05) is 56.4 Å². The van der Waals surface area contributed by atoms with Crippen LogP contribution in [0.5, 0.6) is 0 Å². The van der Waals surface area contributed by atoms with Crippen molar-refractivity contribution in [2.75, 3.05) is 62.6 Å². The van der Waals surface area contributed by atoms with Crippen LogP contribution in [0.4, 0.5) is 16.2 Å². The molecule has 0 saturated carbocycles. The lowest BCUT2D eigenvalue weighted by atomic mass is 10.1. The molecule has 226 valence electrons. The van der Waals surface area contributed by atoms with Gasteiger partial charge in [-0.05, 0) is 61.3 Å². The van der Waals surface area contributed by atoms with Gasteiger partial charge in [-0.2, -0.15) is 0 Å². The number of carbonyl (C=O) groups excluding carboxylic acids is 3. The molecule has 2 saturated heterocycles. The van der Waals surface area contributed by atoms with Gasteiger partial charge >= 0.3 is 6.09 Å². The molecule has 0 bridgehead atoms. The zero-order chi connectivity index (χ0) is 30.2. The first kappa shape index (κ1) is 30.7. The fourth-order valence-corrected chi connectivity index (χ4v) is 5.83. The quantitative estimate of drug-likeness (QED) is 0.375. The molecule has 0 atom stereocenters. The summed E-state index contributed by atoms with van der Waals surface area (Å²) in [4.78, 5) is 45.4. The van der Waals surface area contributed by atoms with E-state index in [4.69, 9.17) is 27.9 Å². The highest BCUT2D eigenvalue weighted by Gasteiger charge is 2.25. The molecular weight excluding hydrogens is 589 g/mol. The number of carbonyl (C=O) groups is 3. The molecular formula is C32H35Cl2N5O4. The minimum absolute atomic E-state index is 0.0802. The van der Waals surface area contributed by atoms with Crippen molar-refractivity contribution in [3.8, 4) is 0 Å². The maximum absolute atomic E-state index is 13.4. The summed E-state index contributed by atoms with van der Waals surface area (Å²) in [6.45, 7) is 5.21. The lowest BCUT2D eigenvalue weighted by molar-refractivity contribution is 0.0759. The summed E-state index contributed by atoms with van der Waals surface area (Å²) in [7, 11) is 0. The van der Waals surface area contributed by atoms with Crippen molar-refractivity contribution in [3.05, 3.63) is 93.5 Å². The predicted octanol–water partition coefficient (Wildman–Crippen LogP) is 5.53. The molecule has 0 unspecified atom stereocenters. The number of nitrogens with zero attached hydrogens (tertiary/aromatic N) is 3. The molecule has 2 fully saturated rings. The normalized spacial score (nSPS) is 15.8. The fourth-order valence-electron chi connectivity index (χ4n) is 5.34. The van der Waals surface area contributed by atoms with Crippen LogP contribution in [0.3, 0.4) is 0 Å². The Balaban J connectivity index is 1.34. The molecule has 0 aromatic heterocycles. The molecule has 2 aliphatic heterocycles. The molecule has 5 rings (SSSR count). The van der Waals surface area contributed by atoms with E-state index in [2.05, 4.69) is 15.5 Å². The van der Waals surface area contributed by atoms with Gasteiger partial charge in [-0.1, -0.05) is 53.5 Å². The second-order valence-corrected chi connectivity index (χ2v) is 11.4. The zero-order valence-electron chi connectivity index (χ0n) is 23.9. The third-order valence-electron chi connectivity index (χ3n) is 7.61. The van der Waals surface area contributed by atoms with Crippen LogP contribution in [-0.2, 0) is 11.3 Å². The van der Waals surface area contributed by atoms with Crippen molar-refractivity contribution in [2.45, 2.75) is 19.4 Å². The minimum atomic E-state index is -0.613. The monoisotopic (exact) mass is 623 g/mol. The van der Waals surface area contributed by atoms with E-state index in [1.165, 1.54) is 0 Å². The molecule has 0 radical (unpaired) electrons. The highest BCUT2D eigenvalue weighted by atomic mass is 35.5. The number of anilines is 2. The first-order chi connectivity index (χ1) is 20.9. The standard InChI is InChI=1S/C32H35Cl2N5O4/c33-25-9-10-26(27(34)21-25)31(41)39-16-5-15-37(18-19-39)29-11-8-24(30(40)38-14-4-12-35-13-17-38)20-28(29)36-32(42)43-22-23-6-2-1-3-7-23/h1-3,6-11,20-21,35H,4-5,12-19,22H2,(H,36,42). The Kier molecular flexibility index (Phi) is 10.4. The molecule has 3 amide bonds. The molecule has 2 N–H and O–H groups in total. The topological polar surface area (TPSA) is 94.2 Å². The average molecular weight is 625 g/mol. The third kappa shape index (κ3) is 7.98. The second kappa shape index (κ2) is 14.6. The maximum atomic E-state index is 13.4. The summed E-state index contributed by atoms with van der Waals surface area (Å²) in [5.41, 5.74) is 3.01. The van der Waals surface area contributed by atoms with Crippen molar-refractivity contribution in [3.63, 3.8) is 0 Å². The predicted molar refractivity (Wildman–Crippen MR) is 169 cm³/mol. The second-order valence-electron chi connectivity index (χ2n) is 10.6. The molecule has 3 aromatic rings. The summed E-state index contributed by atoms with van der Waals surface area (Å²) in [6.07, 6.45) is 0.971. The Labute approximate surface area is 261 Å². The van der Waals surface area contributed by atoms with Gasteiger partial charge in [0.05, 0.1) is 22.0 Å². The number of hydrogen-bond acceptors (Lipinski definition) is 6. The van der Waals surface area contributed by atoms with Crippen molar-refractivity contribution < 1.29 is 19.1 Å². The van der Waals surface area contributed by atoms with Gasteiger partial charge in [0.15, 0.2) is 0 Å². The Morgan fingerprint density at radius 3 is 2.40 bits per heavy atom. The van der Waals surface area contributed by atoms with E-state index < -0.39 is 6.09 Å². The highest BCUT2D eigenvalue weighted by Crippen LogP contribution is 2.30. The van der Waals surface area contributed by atoms with Gasteiger partial charge in [0.1, 0.15) is 6.61 Å². The van der Waals surface area contributed by atoms with Crippen LogP contribution in [0.15, 0.2) is 66.7 Å². The zero-order valence-corrected chi connectivity index (χ0v) is 25.4. The molecule has 11 heteroatoms. The first-order valence-electron chi connectivity index (χ1n) is 14.5. The minimum Gasteiger partial charge on any atom is -0.444 e. The van der Waals surface area contributed by atoms with Crippen LogP contribution in [0, 0.1) is 0 Å².